The van der Waals surface area contributed by atoms with Gasteiger partial charge in [0.1, 0.15) is 0 Å². The summed E-state index contributed by atoms with van der Waals surface area (Å²) in [5.41, 5.74) is 6.70. The lowest BCUT2D eigenvalue weighted by atomic mass is 10.1. The molecule has 1 fully saturated rings. The van der Waals surface area contributed by atoms with Crippen LogP contribution in [-0.4, -0.2) is 28.4 Å². The number of carbonyl (C=O) groups excluding carboxylic acids is 1. The number of carbonyl (C=O) groups is 1. The standard InChI is InChI=1S/C13H19N3O/c1-10(8-14)13(17)16(12-2-3-12)9-11-4-6-15-7-5-11/h4-7,10,12H,2-3,8-9,14H2,1H3. The minimum absolute atomic E-state index is 0.0857. The predicted molar refractivity (Wildman–Crippen MR) is 66.0 cm³/mol. The summed E-state index contributed by atoms with van der Waals surface area (Å²) >= 11 is 0. The summed E-state index contributed by atoms with van der Waals surface area (Å²) in [6.07, 6.45) is 5.76. The molecule has 92 valence electrons. The molecule has 1 aliphatic carbocycles. The van der Waals surface area contributed by atoms with E-state index in [1.807, 2.05) is 24.0 Å². The monoisotopic (exact) mass is 233 g/mol. The molecule has 0 aliphatic heterocycles. The van der Waals surface area contributed by atoms with E-state index in [1.165, 1.54) is 0 Å². The lowest BCUT2D eigenvalue weighted by molar-refractivity contribution is -0.135. The normalized spacial score (nSPS) is 16.6. The molecule has 1 saturated carbocycles. The fraction of sp³-hybridized carbons (Fsp3) is 0.538. The highest BCUT2D eigenvalue weighted by Gasteiger charge is 2.34. The first-order chi connectivity index (χ1) is 8.22. The second kappa shape index (κ2) is 5.27. The number of nitrogens with zero attached hydrogens (tertiary/aromatic N) is 2. The predicted octanol–water partition coefficient (Wildman–Crippen LogP) is 1.17. The number of amides is 1. The molecule has 2 N–H and O–H groups in total. The average Bonchev–Trinajstić information content (AvgIpc) is 3.19. The van der Waals surface area contributed by atoms with Gasteiger partial charge in [-0.3, -0.25) is 9.78 Å². The zero-order chi connectivity index (χ0) is 12.3. The van der Waals surface area contributed by atoms with Crippen molar-refractivity contribution in [3.05, 3.63) is 30.1 Å². The van der Waals surface area contributed by atoms with E-state index in [9.17, 15) is 4.79 Å². The summed E-state index contributed by atoms with van der Waals surface area (Å²) in [5, 5.41) is 0. The third kappa shape index (κ3) is 3.03. The van der Waals surface area contributed by atoms with Crippen LogP contribution in [0.3, 0.4) is 0 Å². The maximum atomic E-state index is 12.2. The Kier molecular flexibility index (Phi) is 3.74. The molecule has 1 aromatic rings. The van der Waals surface area contributed by atoms with Gasteiger partial charge in [-0.2, -0.15) is 0 Å². The molecule has 1 unspecified atom stereocenters. The Hall–Kier alpha value is -1.42. The summed E-state index contributed by atoms with van der Waals surface area (Å²) in [5.74, 6) is 0.0873. The van der Waals surface area contributed by atoms with Crippen LogP contribution in [0.2, 0.25) is 0 Å². The molecular formula is C13H19N3O. The van der Waals surface area contributed by atoms with Gasteiger partial charge in [0.25, 0.3) is 0 Å². The molecule has 1 amide bonds. The van der Waals surface area contributed by atoms with Gasteiger partial charge in [0.15, 0.2) is 0 Å². The number of hydrogen-bond donors (Lipinski definition) is 1. The van der Waals surface area contributed by atoms with Crippen molar-refractivity contribution in [1.29, 1.82) is 0 Å². The smallest absolute Gasteiger partial charge is 0.227 e. The molecule has 2 rings (SSSR count). The van der Waals surface area contributed by atoms with Crippen LogP contribution >= 0.6 is 0 Å². The second-order valence-corrected chi connectivity index (χ2v) is 4.69. The van der Waals surface area contributed by atoms with E-state index in [1.54, 1.807) is 12.4 Å². The lowest BCUT2D eigenvalue weighted by Gasteiger charge is -2.25. The van der Waals surface area contributed by atoms with E-state index < -0.39 is 0 Å². The minimum atomic E-state index is -0.0857. The molecule has 1 aromatic heterocycles. The van der Waals surface area contributed by atoms with Gasteiger partial charge in [0.2, 0.25) is 5.91 Å². The van der Waals surface area contributed by atoms with E-state index in [0.29, 0.717) is 19.1 Å². The van der Waals surface area contributed by atoms with Crippen molar-refractivity contribution < 1.29 is 4.79 Å². The van der Waals surface area contributed by atoms with Crippen LogP contribution in [0.5, 0.6) is 0 Å². The number of rotatable bonds is 5. The van der Waals surface area contributed by atoms with Crippen molar-refractivity contribution in [2.75, 3.05) is 6.54 Å². The van der Waals surface area contributed by atoms with Crippen LogP contribution in [0.4, 0.5) is 0 Å². The van der Waals surface area contributed by atoms with Gasteiger partial charge in [-0.05, 0) is 30.5 Å². The first-order valence-corrected chi connectivity index (χ1v) is 6.12. The van der Waals surface area contributed by atoms with Crippen LogP contribution < -0.4 is 5.73 Å². The molecule has 1 aliphatic rings. The third-order valence-electron chi connectivity index (χ3n) is 3.15. The van der Waals surface area contributed by atoms with E-state index in [4.69, 9.17) is 5.73 Å². The van der Waals surface area contributed by atoms with Gasteiger partial charge in [0.05, 0.1) is 0 Å². The molecule has 0 spiro atoms. The van der Waals surface area contributed by atoms with Gasteiger partial charge in [-0.1, -0.05) is 6.92 Å². The molecular weight excluding hydrogens is 214 g/mol. The SMILES string of the molecule is CC(CN)C(=O)N(Cc1ccncc1)C1CC1. The van der Waals surface area contributed by atoms with E-state index in [-0.39, 0.29) is 11.8 Å². The molecule has 4 nitrogen and oxygen atoms in total. The molecule has 0 radical (unpaired) electrons. The van der Waals surface area contributed by atoms with E-state index >= 15 is 0 Å². The molecule has 0 bridgehead atoms. The Balaban J connectivity index is 2.05. The molecule has 1 atom stereocenters. The van der Waals surface area contributed by atoms with Crippen molar-refractivity contribution in [3.63, 3.8) is 0 Å². The molecule has 1 heterocycles. The van der Waals surface area contributed by atoms with Crippen molar-refractivity contribution in [2.24, 2.45) is 11.7 Å². The summed E-state index contributed by atoms with van der Waals surface area (Å²) in [7, 11) is 0. The number of nitrogens with two attached hydrogens (primary N) is 1. The highest BCUT2D eigenvalue weighted by Crippen LogP contribution is 2.29. The quantitative estimate of drug-likeness (QED) is 0.830. The van der Waals surface area contributed by atoms with Crippen LogP contribution in [0, 0.1) is 5.92 Å². The maximum absolute atomic E-state index is 12.2. The van der Waals surface area contributed by atoms with Crippen LogP contribution in [0.15, 0.2) is 24.5 Å². The first-order valence-electron chi connectivity index (χ1n) is 6.12. The van der Waals surface area contributed by atoms with Gasteiger partial charge in [-0.15, -0.1) is 0 Å². The number of hydrogen-bond acceptors (Lipinski definition) is 3. The summed E-state index contributed by atoms with van der Waals surface area (Å²) in [4.78, 5) is 18.1. The fourth-order valence-electron chi connectivity index (χ4n) is 1.84. The van der Waals surface area contributed by atoms with Crippen molar-refractivity contribution in [1.82, 2.24) is 9.88 Å². The molecule has 17 heavy (non-hydrogen) atoms. The molecule has 4 heteroatoms. The van der Waals surface area contributed by atoms with Gasteiger partial charge in [-0.25, -0.2) is 0 Å². The van der Waals surface area contributed by atoms with Crippen LogP contribution in [-0.2, 0) is 11.3 Å². The Morgan fingerprint density at radius 3 is 2.71 bits per heavy atom. The highest BCUT2D eigenvalue weighted by atomic mass is 16.2. The van der Waals surface area contributed by atoms with Gasteiger partial charge < -0.3 is 10.6 Å². The number of aromatic nitrogens is 1. The summed E-state index contributed by atoms with van der Waals surface area (Å²) in [6.45, 7) is 2.99. The number of pyridine rings is 1. The topological polar surface area (TPSA) is 59.2 Å². The van der Waals surface area contributed by atoms with Gasteiger partial charge in [0, 0.05) is 37.4 Å². The Labute approximate surface area is 102 Å². The average molecular weight is 233 g/mol. The van der Waals surface area contributed by atoms with E-state index in [0.717, 1.165) is 18.4 Å². The summed E-state index contributed by atoms with van der Waals surface area (Å²) < 4.78 is 0. The van der Waals surface area contributed by atoms with Crippen molar-refractivity contribution >= 4 is 5.91 Å². The van der Waals surface area contributed by atoms with Gasteiger partial charge >= 0.3 is 0 Å². The Morgan fingerprint density at radius 2 is 2.18 bits per heavy atom. The Morgan fingerprint density at radius 1 is 1.53 bits per heavy atom. The highest BCUT2D eigenvalue weighted by molar-refractivity contribution is 5.79. The van der Waals surface area contributed by atoms with Crippen molar-refractivity contribution in [2.45, 2.75) is 32.4 Å². The van der Waals surface area contributed by atoms with E-state index in [2.05, 4.69) is 4.98 Å². The second-order valence-electron chi connectivity index (χ2n) is 4.69. The molecule has 0 aromatic carbocycles. The van der Waals surface area contributed by atoms with Crippen LogP contribution in [0.1, 0.15) is 25.3 Å². The Bertz CT molecular complexity index is 376. The molecule has 0 saturated heterocycles. The zero-order valence-corrected chi connectivity index (χ0v) is 10.2. The largest absolute Gasteiger partial charge is 0.335 e. The minimum Gasteiger partial charge on any atom is -0.335 e. The third-order valence-corrected chi connectivity index (χ3v) is 3.15. The lowest BCUT2D eigenvalue weighted by Crippen LogP contribution is -2.38. The maximum Gasteiger partial charge on any atom is 0.227 e. The first kappa shape index (κ1) is 12.0. The zero-order valence-electron chi connectivity index (χ0n) is 10.2. The fourth-order valence-corrected chi connectivity index (χ4v) is 1.84. The van der Waals surface area contributed by atoms with Crippen molar-refractivity contribution in [3.8, 4) is 0 Å². The summed E-state index contributed by atoms with van der Waals surface area (Å²) in [6, 6.07) is 4.33. The van der Waals surface area contributed by atoms with Crippen LogP contribution in [0.25, 0.3) is 0 Å².